The number of amides is 1. The summed E-state index contributed by atoms with van der Waals surface area (Å²) < 4.78 is 0. The molecule has 1 aromatic carbocycles. The van der Waals surface area contributed by atoms with Crippen LogP contribution in [0.5, 0.6) is 0 Å². The third-order valence-corrected chi connectivity index (χ3v) is 2.71. The molecule has 0 radical (unpaired) electrons. The van der Waals surface area contributed by atoms with Crippen LogP contribution in [0.3, 0.4) is 0 Å². The molecule has 2 aromatic rings. The zero-order valence-electron chi connectivity index (χ0n) is 9.45. The lowest BCUT2D eigenvalue weighted by Gasteiger charge is -2.19. The van der Waals surface area contributed by atoms with Crippen LogP contribution in [-0.2, 0) is 6.54 Å². The summed E-state index contributed by atoms with van der Waals surface area (Å²) in [5.41, 5.74) is 1.46. The first kappa shape index (κ1) is 12.4. The SMILES string of the molecule is O=C(O)N(Cc1ccncc1)c1ccc(Cl)cc1. The van der Waals surface area contributed by atoms with Crippen molar-refractivity contribution in [2.75, 3.05) is 4.90 Å². The van der Waals surface area contributed by atoms with Crippen LogP contribution in [-0.4, -0.2) is 16.2 Å². The Kier molecular flexibility index (Phi) is 3.79. The molecule has 1 aromatic heterocycles. The van der Waals surface area contributed by atoms with Gasteiger partial charge < -0.3 is 5.11 Å². The van der Waals surface area contributed by atoms with Crippen LogP contribution in [0.1, 0.15) is 5.56 Å². The molecule has 92 valence electrons. The van der Waals surface area contributed by atoms with E-state index in [4.69, 9.17) is 11.6 Å². The quantitative estimate of drug-likeness (QED) is 0.922. The Bertz CT molecular complexity index is 528. The second-order valence-electron chi connectivity index (χ2n) is 3.70. The van der Waals surface area contributed by atoms with Crippen molar-refractivity contribution in [2.24, 2.45) is 0 Å². The number of pyridine rings is 1. The number of aromatic nitrogens is 1. The van der Waals surface area contributed by atoms with Gasteiger partial charge in [-0.1, -0.05) is 11.6 Å². The maximum absolute atomic E-state index is 11.3. The number of nitrogens with zero attached hydrogens (tertiary/aromatic N) is 2. The van der Waals surface area contributed by atoms with Crippen molar-refractivity contribution in [3.63, 3.8) is 0 Å². The molecule has 0 aliphatic rings. The number of benzene rings is 1. The van der Waals surface area contributed by atoms with Crippen LogP contribution >= 0.6 is 11.6 Å². The molecular weight excluding hydrogens is 252 g/mol. The number of carboxylic acid groups (broad SMARTS) is 1. The maximum Gasteiger partial charge on any atom is 0.412 e. The molecule has 5 heteroatoms. The van der Waals surface area contributed by atoms with Gasteiger partial charge in [-0.05, 0) is 42.0 Å². The zero-order valence-corrected chi connectivity index (χ0v) is 10.2. The van der Waals surface area contributed by atoms with Gasteiger partial charge in [0.1, 0.15) is 0 Å². The highest BCUT2D eigenvalue weighted by molar-refractivity contribution is 6.30. The monoisotopic (exact) mass is 262 g/mol. The Morgan fingerprint density at radius 1 is 1.17 bits per heavy atom. The second kappa shape index (κ2) is 5.51. The minimum absolute atomic E-state index is 0.277. The van der Waals surface area contributed by atoms with Gasteiger partial charge in [-0.3, -0.25) is 9.88 Å². The fourth-order valence-electron chi connectivity index (χ4n) is 1.56. The highest BCUT2D eigenvalue weighted by atomic mass is 35.5. The highest BCUT2D eigenvalue weighted by Crippen LogP contribution is 2.20. The van der Waals surface area contributed by atoms with E-state index >= 15 is 0 Å². The molecule has 0 spiro atoms. The lowest BCUT2D eigenvalue weighted by Crippen LogP contribution is -2.28. The lowest BCUT2D eigenvalue weighted by molar-refractivity contribution is 0.201. The molecular formula is C13H11ClN2O2. The first-order valence-corrected chi connectivity index (χ1v) is 5.69. The third kappa shape index (κ3) is 2.99. The van der Waals surface area contributed by atoms with Gasteiger partial charge in [0.25, 0.3) is 0 Å². The molecule has 0 aliphatic carbocycles. The molecule has 0 bridgehead atoms. The summed E-state index contributed by atoms with van der Waals surface area (Å²) in [6.45, 7) is 0.277. The number of carbonyl (C=O) groups is 1. The topological polar surface area (TPSA) is 53.4 Å². The van der Waals surface area contributed by atoms with E-state index in [0.717, 1.165) is 5.56 Å². The molecule has 0 fully saturated rings. The summed E-state index contributed by atoms with van der Waals surface area (Å²) in [5, 5.41) is 9.81. The Morgan fingerprint density at radius 2 is 1.78 bits per heavy atom. The van der Waals surface area contributed by atoms with Gasteiger partial charge in [-0.2, -0.15) is 0 Å². The lowest BCUT2D eigenvalue weighted by atomic mass is 10.2. The molecule has 0 saturated carbocycles. The average molecular weight is 263 g/mol. The fraction of sp³-hybridized carbons (Fsp3) is 0.0769. The van der Waals surface area contributed by atoms with E-state index in [1.807, 2.05) is 0 Å². The Morgan fingerprint density at radius 3 is 2.33 bits per heavy atom. The van der Waals surface area contributed by atoms with Crippen LogP contribution < -0.4 is 4.90 Å². The summed E-state index contributed by atoms with van der Waals surface area (Å²) in [6, 6.07) is 10.3. The fourth-order valence-corrected chi connectivity index (χ4v) is 1.69. The molecule has 0 aliphatic heterocycles. The first-order chi connectivity index (χ1) is 8.66. The average Bonchev–Trinajstić information content (AvgIpc) is 2.38. The predicted octanol–water partition coefficient (Wildman–Crippen LogP) is 3.42. The van der Waals surface area contributed by atoms with Crippen molar-refractivity contribution in [3.8, 4) is 0 Å². The number of hydrogen-bond acceptors (Lipinski definition) is 2. The Balaban J connectivity index is 2.24. The van der Waals surface area contributed by atoms with Crippen LogP contribution in [0.4, 0.5) is 10.5 Å². The smallest absolute Gasteiger partial charge is 0.412 e. The van der Waals surface area contributed by atoms with Gasteiger partial charge >= 0.3 is 6.09 Å². The van der Waals surface area contributed by atoms with E-state index in [0.29, 0.717) is 10.7 Å². The predicted molar refractivity (Wildman–Crippen MR) is 69.9 cm³/mol. The molecule has 0 saturated heterocycles. The summed E-state index contributed by atoms with van der Waals surface area (Å²) in [4.78, 5) is 16.4. The normalized spacial score (nSPS) is 10.1. The summed E-state index contributed by atoms with van der Waals surface area (Å²) >= 11 is 5.78. The highest BCUT2D eigenvalue weighted by Gasteiger charge is 2.14. The van der Waals surface area contributed by atoms with Crippen molar-refractivity contribution in [1.29, 1.82) is 0 Å². The summed E-state index contributed by atoms with van der Waals surface area (Å²) in [7, 11) is 0. The third-order valence-electron chi connectivity index (χ3n) is 2.46. The largest absolute Gasteiger partial charge is 0.465 e. The molecule has 1 heterocycles. The molecule has 2 rings (SSSR count). The number of anilines is 1. The van der Waals surface area contributed by atoms with Crippen molar-refractivity contribution >= 4 is 23.4 Å². The maximum atomic E-state index is 11.3. The van der Waals surface area contributed by atoms with Gasteiger partial charge in [0.15, 0.2) is 0 Å². The van der Waals surface area contributed by atoms with Crippen LogP contribution in [0.15, 0.2) is 48.8 Å². The molecule has 0 unspecified atom stereocenters. The Labute approximate surface area is 109 Å². The first-order valence-electron chi connectivity index (χ1n) is 5.32. The van der Waals surface area contributed by atoms with Gasteiger partial charge in [-0.15, -0.1) is 0 Å². The minimum Gasteiger partial charge on any atom is -0.465 e. The summed E-state index contributed by atoms with van der Waals surface area (Å²) in [5.74, 6) is 0. The van der Waals surface area contributed by atoms with Gasteiger partial charge in [0, 0.05) is 23.1 Å². The zero-order chi connectivity index (χ0) is 13.0. The number of halogens is 1. The number of rotatable bonds is 3. The number of hydrogen-bond donors (Lipinski definition) is 1. The second-order valence-corrected chi connectivity index (χ2v) is 4.14. The van der Waals surface area contributed by atoms with Gasteiger partial charge in [-0.25, -0.2) is 4.79 Å². The molecule has 18 heavy (non-hydrogen) atoms. The van der Waals surface area contributed by atoms with E-state index in [-0.39, 0.29) is 6.54 Å². The molecule has 0 atom stereocenters. The Hall–Kier alpha value is -2.07. The minimum atomic E-state index is -1.01. The van der Waals surface area contributed by atoms with Crippen molar-refractivity contribution < 1.29 is 9.90 Å². The summed E-state index contributed by atoms with van der Waals surface area (Å²) in [6.07, 6.45) is 2.27. The van der Waals surface area contributed by atoms with Crippen LogP contribution in [0.25, 0.3) is 0 Å². The van der Waals surface area contributed by atoms with E-state index in [9.17, 15) is 9.90 Å². The van der Waals surface area contributed by atoms with Crippen LogP contribution in [0.2, 0.25) is 5.02 Å². The van der Waals surface area contributed by atoms with E-state index < -0.39 is 6.09 Å². The van der Waals surface area contributed by atoms with Crippen molar-refractivity contribution in [2.45, 2.75) is 6.54 Å². The standard InChI is InChI=1S/C13H11ClN2O2/c14-11-1-3-12(4-2-11)16(13(17)18)9-10-5-7-15-8-6-10/h1-8H,9H2,(H,17,18). The van der Waals surface area contributed by atoms with Gasteiger partial charge in [0.05, 0.1) is 6.54 Å². The van der Waals surface area contributed by atoms with Gasteiger partial charge in [0.2, 0.25) is 0 Å². The van der Waals surface area contributed by atoms with E-state index in [1.54, 1.807) is 48.8 Å². The molecule has 1 amide bonds. The van der Waals surface area contributed by atoms with Crippen molar-refractivity contribution in [3.05, 3.63) is 59.4 Å². The van der Waals surface area contributed by atoms with Crippen molar-refractivity contribution in [1.82, 2.24) is 4.98 Å². The van der Waals surface area contributed by atoms with E-state index in [2.05, 4.69) is 4.98 Å². The molecule has 4 nitrogen and oxygen atoms in total. The van der Waals surface area contributed by atoms with Crippen LogP contribution in [0, 0.1) is 0 Å². The molecule has 1 N–H and O–H groups in total. The van der Waals surface area contributed by atoms with E-state index in [1.165, 1.54) is 4.90 Å².